The van der Waals surface area contributed by atoms with Gasteiger partial charge in [-0.25, -0.2) is 4.68 Å². The van der Waals surface area contributed by atoms with E-state index in [4.69, 9.17) is 9.47 Å². The van der Waals surface area contributed by atoms with Gasteiger partial charge in [0.25, 0.3) is 11.5 Å². The molecule has 0 bridgehead atoms. The Balaban J connectivity index is 1.65. The average molecular weight is 393 g/mol. The Hall–Kier alpha value is -3.35. The summed E-state index contributed by atoms with van der Waals surface area (Å²) >= 11 is 0. The van der Waals surface area contributed by atoms with Gasteiger partial charge in [0.2, 0.25) is 6.79 Å². The van der Waals surface area contributed by atoms with Crippen LogP contribution in [0.3, 0.4) is 0 Å². The Morgan fingerprint density at radius 3 is 2.69 bits per heavy atom. The molecular formula is C22H23N3O4. The van der Waals surface area contributed by atoms with Crippen molar-refractivity contribution in [3.05, 3.63) is 58.5 Å². The van der Waals surface area contributed by atoms with Gasteiger partial charge in [0.05, 0.1) is 5.39 Å². The first kappa shape index (κ1) is 19.0. The van der Waals surface area contributed by atoms with E-state index in [9.17, 15) is 9.59 Å². The van der Waals surface area contributed by atoms with Crippen LogP contribution >= 0.6 is 0 Å². The highest BCUT2D eigenvalue weighted by atomic mass is 16.7. The predicted molar refractivity (Wildman–Crippen MR) is 111 cm³/mol. The number of ether oxygens (including phenoxy) is 2. The quantitative estimate of drug-likeness (QED) is 0.615. The molecule has 1 aliphatic heterocycles. The van der Waals surface area contributed by atoms with Gasteiger partial charge in [-0.05, 0) is 24.6 Å². The molecule has 0 aliphatic carbocycles. The number of hydrogen-bond donors (Lipinski definition) is 1. The van der Waals surface area contributed by atoms with Crippen molar-refractivity contribution in [2.24, 2.45) is 0 Å². The number of aryl methyl sites for hydroxylation is 1. The lowest BCUT2D eigenvalue weighted by atomic mass is 10.1. The summed E-state index contributed by atoms with van der Waals surface area (Å²) in [6.07, 6.45) is 4.10. The number of carbonyl (C=O) groups is 1. The van der Waals surface area contributed by atoms with Crippen LogP contribution in [0.2, 0.25) is 0 Å². The Labute approximate surface area is 168 Å². The first-order valence-corrected chi connectivity index (χ1v) is 9.88. The molecule has 2 heterocycles. The van der Waals surface area contributed by atoms with E-state index in [2.05, 4.69) is 17.3 Å². The molecule has 7 heteroatoms. The fourth-order valence-corrected chi connectivity index (χ4v) is 3.41. The van der Waals surface area contributed by atoms with Crippen LogP contribution in [0.4, 0.5) is 5.69 Å². The van der Waals surface area contributed by atoms with Crippen molar-refractivity contribution in [1.29, 1.82) is 0 Å². The number of fused-ring (bicyclic) bond motifs is 2. The van der Waals surface area contributed by atoms with Gasteiger partial charge in [-0.1, -0.05) is 44.4 Å². The molecule has 1 aromatic heterocycles. The Bertz CT molecular complexity index is 1110. The maximum atomic E-state index is 13.0. The molecule has 4 rings (SSSR count). The van der Waals surface area contributed by atoms with Crippen LogP contribution in [0.25, 0.3) is 10.8 Å². The maximum absolute atomic E-state index is 13.0. The second-order valence-corrected chi connectivity index (χ2v) is 7.01. The first-order chi connectivity index (χ1) is 14.2. The lowest BCUT2D eigenvalue weighted by molar-refractivity contribution is 0.102. The highest BCUT2D eigenvalue weighted by molar-refractivity contribution is 6.11. The van der Waals surface area contributed by atoms with Crippen LogP contribution in [0.15, 0.2) is 47.3 Å². The lowest BCUT2D eigenvalue weighted by Crippen LogP contribution is -2.27. The number of amides is 1. The molecule has 1 aliphatic rings. The van der Waals surface area contributed by atoms with Crippen molar-refractivity contribution in [1.82, 2.24) is 9.78 Å². The molecule has 0 spiro atoms. The standard InChI is InChI=1S/C22H23N3O4/c1-2-3-4-7-12-25-22(27)17-9-6-5-8-16(17)20(24-25)21(26)23-15-10-11-18-19(13-15)29-14-28-18/h5-6,8-11,13H,2-4,7,12,14H2,1H3,(H,23,26). The van der Waals surface area contributed by atoms with E-state index in [-0.39, 0.29) is 24.0 Å². The molecule has 29 heavy (non-hydrogen) atoms. The summed E-state index contributed by atoms with van der Waals surface area (Å²) < 4.78 is 12.1. The summed E-state index contributed by atoms with van der Waals surface area (Å²) in [5.41, 5.74) is 0.635. The van der Waals surface area contributed by atoms with Gasteiger partial charge in [-0.2, -0.15) is 5.10 Å². The number of aromatic nitrogens is 2. The van der Waals surface area contributed by atoms with Gasteiger partial charge in [0.1, 0.15) is 0 Å². The Morgan fingerprint density at radius 2 is 1.86 bits per heavy atom. The normalized spacial score (nSPS) is 12.3. The third-order valence-corrected chi connectivity index (χ3v) is 4.94. The zero-order chi connectivity index (χ0) is 20.2. The molecule has 1 amide bonds. The van der Waals surface area contributed by atoms with Crippen LogP contribution in [-0.4, -0.2) is 22.5 Å². The second-order valence-electron chi connectivity index (χ2n) is 7.01. The topological polar surface area (TPSA) is 82.5 Å². The smallest absolute Gasteiger partial charge is 0.276 e. The van der Waals surface area contributed by atoms with Gasteiger partial charge in [-0.15, -0.1) is 0 Å². The van der Waals surface area contributed by atoms with Crippen molar-refractivity contribution in [3.8, 4) is 11.5 Å². The van der Waals surface area contributed by atoms with Crippen LogP contribution in [0.5, 0.6) is 11.5 Å². The number of hydrogen-bond acceptors (Lipinski definition) is 5. The Morgan fingerprint density at radius 1 is 1.07 bits per heavy atom. The average Bonchev–Trinajstić information content (AvgIpc) is 3.20. The highest BCUT2D eigenvalue weighted by Crippen LogP contribution is 2.34. The van der Waals surface area contributed by atoms with Gasteiger partial charge in [0, 0.05) is 23.7 Å². The molecule has 0 saturated carbocycles. The maximum Gasteiger partial charge on any atom is 0.276 e. The molecular weight excluding hydrogens is 370 g/mol. The third-order valence-electron chi connectivity index (χ3n) is 4.94. The molecule has 0 radical (unpaired) electrons. The van der Waals surface area contributed by atoms with E-state index in [1.54, 1.807) is 42.5 Å². The SMILES string of the molecule is CCCCCCn1nc(C(=O)Nc2ccc3c(c2)OCO3)c2ccccc2c1=O. The Kier molecular flexibility index (Phi) is 5.46. The highest BCUT2D eigenvalue weighted by Gasteiger charge is 2.19. The van der Waals surface area contributed by atoms with E-state index >= 15 is 0 Å². The van der Waals surface area contributed by atoms with E-state index in [1.807, 2.05) is 0 Å². The molecule has 2 aromatic carbocycles. The minimum atomic E-state index is -0.373. The van der Waals surface area contributed by atoms with Crippen LogP contribution in [0, 0.1) is 0 Å². The van der Waals surface area contributed by atoms with Crippen molar-refractivity contribution < 1.29 is 14.3 Å². The first-order valence-electron chi connectivity index (χ1n) is 9.88. The van der Waals surface area contributed by atoms with Gasteiger partial charge in [-0.3, -0.25) is 9.59 Å². The minimum absolute atomic E-state index is 0.169. The summed E-state index contributed by atoms with van der Waals surface area (Å²) in [7, 11) is 0. The van der Waals surface area contributed by atoms with Crippen LogP contribution < -0.4 is 20.3 Å². The summed E-state index contributed by atoms with van der Waals surface area (Å²) in [6, 6.07) is 12.3. The lowest BCUT2D eigenvalue weighted by Gasteiger charge is -2.11. The number of benzene rings is 2. The number of nitrogens with zero attached hydrogens (tertiary/aromatic N) is 2. The molecule has 0 atom stereocenters. The molecule has 3 aromatic rings. The fraction of sp³-hybridized carbons (Fsp3) is 0.318. The van der Waals surface area contributed by atoms with Crippen molar-refractivity contribution in [2.75, 3.05) is 12.1 Å². The number of carbonyl (C=O) groups excluding carboxylic acids is 1. The molecule has 0 fully saturated rings. The molecule has 0 saturated heterocycles. The largest absolute Gasteiger partial charge is 0.454 e. The fourth-order valence-electron chi connectivity index (χ4n) is 3.41. The molecule has 7 nitrogen and oxygen atoms in total. The van der Waals surface area contributed by atoms with Crippen LogP contribution in [0.1, 0.15) is 43.1 Å². The van der Waals surface area contributed by atoms with Gasteiger partial charge < -0.3 is 14.8 Å². The monoisotopic (exact) mass is 393 g/mol. The summed E-state index contributed by atoms with van der Waals surface area (Å²) in [6.45, 7) is 2.80. The number of anilines is 1. The van der Waals surface area contributed by atoms with Crippen molar-refractivity contribution in [2.45, 2.75) is 39.2 Å². The minimum Gasteiger partial charge on any atom is -0.454 e. The van der Waals surface area contributed by atoms with Gasteiger partial charge in [0.15, 0.2) is 17.2 Å². The van der Waals surface area contributed by atoms with Crippen LogP contribution in [-0.2, 0) is 6.54 Å². The zero-order valence-corrected chi connectivity index (χ0v) is 16.3. The third kappa shape index (κ3) is 3.94. The molecule has 0 unspecified atom stereocenters. The predicted octanol–water partition coefficient (Wildman–Crippen LogP) is 3.96. The number of unbranched alkanes of at least 4 members (excludes halogenated alkanes) is 3. The zero-order valence-electron chi connectivity index (χ0n) is 16.3. The number of rotatable bonds is 7. The van der Waals surface area contributed by atoms with Crippen molar-refractivity contribution >= 4 is 22.4 Å². The summed E-state index contributed by atoms with van der Waals surface area (Å²) in [4.78, 5) is 25.8. The molecule has 150 valence electrons. The second kappa shape index (κ2) is 8.34. The van der Waals surface area contributed by atoms with E-state index < -0.39 is 0 Å². The van der Waals surface area contributed by atoms with E-state index in [0.29, 0.717) is 34.5 Å². The van der Waals surface area contributed by atoms with Gasteiger partial charge >= 0.3 is 0 Å². The summed E-state index contributed by atoms with van der Waals surface area (Å²) in [5.74, 6) is 0.857. The van der Waals surface area contributed by atoms with E-state index in [0.717, 1.165) is 25.7 Å². The number of nitrogens with one attached hydrogen (secondary N) is 1. The molecule has 1 N–H and O–H groups in total. The van der Waals surface area contributed by atoms with Crippen molar-refractivity contribution in [3.63, 3.8) is 0 Å². The summed E-state index contributed by atoms with van der Waals surface area (Å²) in [5, 5.41) is 8.29. The van der Waals surface area contributed by atoms with E-state index in [1.165, 1.54) is 4.68 Å².